The van der Waals surface area contributed by atoms with Gasteiger partial charge in [0.15, 0.2) is 0 Å². The Bertz CT molecular complexity index is 264. The van der Waals surface area contributed by atoms with Gasteiger partial charge in [-0.05, 0) is 32.2 Å². The number of hydrogen-bond donors (Lipinski definition) is 1. The van der Waals surface area contributed by atoms with E-state index in [2.05, 4.69) is 4.90 Å². The van der Waals surface area contributed by atoms with Crippen molar-refractivity contribution in [2.24, 2.45) is 5.92 Å². The Kier molecular flexibility index (Phi) is 5.45. The summed E-state index contributed by atoms with van der Waals surface area (Å²) in [5.41, 5.74) is 0. The smallest absolute Gasteiger partial charge is 0.309 e. The summed E-state index contributed by atoms with van der Waals surface area (Å²) in [6.45, 7) is 2.47. The Labute approximate surface area is 109 Å². The van der Waals surface area contributed by atoms with Crippen molar-refractivity contribution in [1.82, 2.24) is 4.90 Å². The third kappa shape index (κ3) is 3.69. The molecule has 4 heteroatoms. The molecule has 0 amide bonds. The van der Waals surface area contributed by atoms with Crippen molar-refractivity contribution in [3.05, 3.63) is 0 Å². The second-order valence-corrected chi connectivity index (χ2v) is 5.49. The number of esters is 1. The molecule has 2 rings (SSSR count). The van der Waals surface area contributed by atoms with E-state index in [1.54, 1.807) is 0 Å². The highest BCUT2D eigenvalue weighted by Crippen LogP contribution is 2.24. The molecule has 0 aromatic rings. The Morgan fingerprint density at radius 3 is 2.56 bits per heavy atom. The number of cyclic esters (lactones) is 1. The number of aliphatic hydroxyl groups is 1. The lowest BCUT2D eigenvalue weighted by Gasteiger charge is -2.34. The average molecular weight is 255 g/mol. The van der Waals surface area contributed by atoms with Crippen LogP contribution in [0.4, 0.5) is 0 Å². The average Bonchev–Trinajstić information content (AvgIpc) is 2.81. The first-order valence-electron chi connectivity index (χ1n) is 7.33. The van der Waals surface area contributed by atoms with E-state index in [0.29, 0.717) is 12.6 Å². The summed E-state index contributed by atoms with van der Waals surface area (Å²) >= 11 is 0. The van der Waals surface area contributed by atoms with E-state index in [0.717, 1.165) is 25.9 Å². The van der Waals surface area contributed by atoms with Gasteiger partial charge in [0.2, 0.25) is 0 Å². The maximum atomic E-state index is 11.4. The molecule has 1 aliphatic heterocycles. The van der Waals surface area contributed by atoms with E-state index in [4.69, 9.17) is 4.74 Å². The molecular formula is C14H25NO3. The molecule has 18 heavy (non-hydrogen) atoms. The number of carbonyl (C=O) groups excluding carboxylic acids is 1. The van der Waals surface area contributed by atoms with Crippen molar-refractivity contribution >= 4 is 5.97 Å². The van der Waals surface area contributed by atoms with Crippen LogP contribution in [0.2, 0.25) is 0 Å². The highest BCUT2D eigenvalue weighted by Gasteiger charge is 2.28. The molecule has 2 aliphatic rings. The van der Waals surface area contributed by atoms with Crippen LogP contribution in [0.15, 0.2) is 0 Å². The van der Waals surface area contributed by atoms with E-state index in [1.807, 2.05) is 0 Å². The van der Waals surface area contributed by atoms with Crippen LogP contribution in [0, 0.1) is 5.92 Å². The zero-order chi connectivity index (χ0) is 12.8. The molecule has 0 spiro atoms. The first kappa shape index (κ1) is 13.8. The fraction of sp³-hybridized carbons (Fsp3) is 0.929. The minimum atomic E-state index is -0.0254. The molecule has 4 nitrogen and oxygen atoms in total. The van der Waals surface area contributed by atoms with Crippen LogP contribution in [-0.2, 0) is 9.53 Å². The molecule has 1 unspecified atom stereocenters. The molecule has 104 valence electrons. The van der Waals surface area contributed by atoms with Crippen molar-refractivity contribution in [2.45, 2.75) is 51.0 Å². The Morgan fingerprint density at radius 1 is 1.17 bits per heavy atom. The zero-order valence-electron chi connectivity index (χ0n) is 11.1. The van der Waals surface area contributed by atoms with Gasteiger partial charge in [-0.1, -0.05) is 19.3 Å². The molecule has 0 bridgehead atoms. The van der Waals surface area contributed by atoms with Crippen LogP contribution < -0.4 is 0 Å². The van der Waals surface area contributed by atoms with Crippen molar-refractivity contribution in [1.29, 1.82) is 0 Å². The molecule has 1 saturated heterocycles. The van der Waals surface area contributed by atoms with Gasteiger partial charge in [-0.15, -0.1) is 0 Å². The number of rotatable bonds is 6. The van der Waals surface area contributed by atoms with Gasteiger partial charge >= 0.3 is 5.97 Å². The lowest BCUT2D eigenvalue weighted by Crippen LogP contribution is -2.40. The molecule has 1 heterocycles. The highest BCUT2D eigenvalue weighted by molar-refractivity contribution is 5.74. The lowest BCUT2D eigenvalue weighted by molar-refractivity contribution is -0.141. The first-order valence-corrected chi connectivity index (χ1v) is 7.33. The van der Waals surface area contributed by atoms with Crippen LogP contribution in [-0.4, -0.2) is 48.3 Å². The van der Waals surface area contributed by atoms with E-state index >= 15 is 0 Å². The van der Waals surface area contributed by atoms with Gasteiger partial charge in [0.25, 0.3) is 0 Å². The second-order valence-electron chi connectivity index (χ2n) is 5.49. The van der Waals surface area contributed by atoms with Gasteiger partial charge in [-0.3, -0.25) is 9.69 Å². The van der Waals surface area contributed by atoms with Gasteiger partial charge in [-0.2, -0.15) is 0 Å². The summed E-state index contributed by atoms with van der Waals surface area (Å²) in [5, 5.41) is 9.18. The predicted octanol–water partition coefficient (Wildman–Crippen LogP) is 1.57. The summed E-state index contributed by atoms with van der Waals surface area (Å²) in [4.78, 5) is 13.8. The summed E-state index contributed by atoms with van der Waals surface area (Å²) < 4.78 is 5.00. The normalized spacial score (nSPS) is 25.7. The third-order valence-corrected chi connectivity index (χ3v) is 4.29. The number of carbonyl (C=O) groups is 1. The van der Waals surface area contributed by atoms with Crippen molar-refractivity contribution in [3.63, 3.8) is 0 Å². The van der Waals surface area contributed by atoms with Crippen LogP contribution >= 0.6 is 0 Å². The fourth-order valence-corrected chi connectivity index (χ4v) is 3.17. The van der Waals surface area contributed by atoms with Crippen LogP contribution in [0.5, 0.6) is 0 Å². The minimum absolute atomic E-state index is 0.0254. The quantitative estimate of drug-likeness (QED) is 0.732. The van der Waals surface area contributed by atoms with E-state index in [-0.39, 0.29) is 18.5 Å². The van der Waals surface area contributed by atoms with Crippen molar-refractivity contribution in [3.8, 4) is 0 Å². The van der Waals surface area contributed by atoms with Crippen molar-refractivity contribution < 1.29 is 14.6 Å². The van der Waals surface area contributed by atoms with Gasteiger partial charge in [-0.25, -0.2) is 0 Å². The number of hydrogen-bond acceptors (Lipinski definition) is 4. The molecule has 2 fully saturated rings. The molecule has 0 aromatic carbocycles. The molecule has 1 atom stereocenters. The Balaban J connectivity index is 1.79. The summed E-state index contributed by atoms with van der Waals surface area (Å²) in [7, 11) is 0. The molecule has 0 aromatic heterocycles. The minimum Gasteiger partial charge on any atom is -0.465 e. The Hall–Kier alpha value is -0.610. The number of aliphatic hydroxyl groups excluding tert-OH is 1. The summed E-state index contributed by atoms with van der Waals surface area (Å²) in [6.07, 6.45) is 8.20. The van der Waals surface area contributed by atoms with Gasteiger partial charge in [0.1, 0.15) is 0 Å². The SMILES string of the molecule is O=C1OCCC1CCN(CCO)C1CCCCC1. The second kappa shape index (κ2) is 7.10. The molecule has 1 aliphatic carbocycles. The topological polar surface area (TPSA) is 49.8 Å². The standard InChI is InChI=1S/C14H25NO3/c16-10-9-15(13-4-2-1-3-5-13)8-6-12-7-11-18-14(12)17/h12-13,16H,1-11H2. The van der Waals surface area contributed by atoms with E-state index in [9.17, 15) is 9.90 Å². The monoisotopic (exact) mass is 255 g/mol. The van der Waals surface area contributed by atoms with Gasteiger partial charge in [0.05, 0.1) is 19.1 Å². The van der Waals surface area contributed by atoms with Crippen LogP contribution in [0.1, 0.15) is 44.9 Å². The maximum Gasteiger partial charge on any atom is 0.309 e. The van der Waals surface area contributed by atoms with Crippen LogP contribution in [0.3, 0.4) is 0 Å². The molecule has 1 saturated carbocycles. The van der Waals surface area contributed by atoms with Gasteiger partial charge in [0, 0.05) is 12.6 Å². The summed E-state index contributed by atoms with van der Waals surface area (Å²) in [5.74, 6) is 0.0670. The third-order valence-electron chi connectivity index (χ3n) is 4.29. The largest absolute Gasteiger partial charge is 0.465 e. The Morgan fingerprint density at radius 2 is 1.94 bits per heavy atom. The predicted molar refractivity (Wildman–Crippen MR) is 69.2 cm³/mol. The highest BCUT2D eigenvalue weighted by atomic mass is 16.5. The molecule has 0 radical (unpaired) electrons. The van der Waals surface area contributed by atoms with Crippen LogP contribution in [0.25, 0.3) is 0 Å². The fourth-order valence-electron chi connectivity index (χ4n) is 3.17. The number of nitrogens with zero attached hydrogens (tertiary/aromatic N) is 1. The van der Waals surface area contributed by atoms with Gasteiger partial charge < -0.3 is 9.84 Å². The molecule has 1 N–H and O–H groups in total. The van der Waals surface area contributed by atoms with E-state index in [1.165, 1.54) is 32.1 Å². The lowest BCUT2D eigenvalue weighted by atomic mass is 9.93. The van der Waals surface area contributed by atoms with Crippen molar-refractivity contribution in [2.75, 3.05) is 26.3 Å². The number of ether oxygens (including phenoxy) is 1. The first-order chi connectivity index (χ1) is 8.81. The maximum absolute atomic E-state index is 11.4. The summed E-state index contributed by atoms with van der Waals surface area (Å²) in [6, 6.07) is 0.614. The van der Waals surface area contributed by atoms with E-state index < -0.39 is 0 Å². The zero-order valence-corrected chi connectivity index (χ0v) is 11.1. The molecular weight excluding hydrogens is 230 g/mol.